The molecule has 3 rings (SSSR count). The summed E-state index contributed by atoms with van der Waals surface area (Å²) in [6, 6.07) is 14.1. The van der Waals surface area contributed by atoms with Crippen molar-refractivity contribution in [3.8, 4) is 0 Å². The zero-order valence-electron chi connectivity index (χ0n) is 15.9. The molecule has 2 aromatic carbocycles. The van der Waals surface area contributed by atoms with Gasteiger partial charge in [0, 0.05) is 19.2 Å². The number of aromatic nitrogens is 1. The second-order valence-corrected chi connectivity index (χ2v) is 7.33. The summed E-state index contributed by atoms with van der Waals surface area (Å²) in [5.41, 5.74) is 4.49. The van der Waals surface area contributed by atoms with Crippen molar-refractivity contribution in [3.63, 3.8) is 0 Å². The minimum absolute atomic E-state index is 0.259. The molecule has 0 unspecified atom stereocenters. The number of hydrogen-bond acceptors (Lipinski definition) is 3. The van der Waals surface area contributed by atoms with Crippen molar-refractivity contribution in [2.45, 2.75) is 27.3 Å². The second kappa shape index (κ2) is 8.93. The molecule has 140 valence electrons. The SMILES string of the molecule is CCOCCn1c(=NC(=O)/C=C/c2ccccc2)sc2c(C)cc(C)cc21. The number of rotatable bonds is 6. The van der Waals surface area contributed by atoms with E-state index in [0.29, 0.717) is 24.6 Å². The predicted octanol–water partition coefficient (Wildman–Crippen LogP) is 4.50. The molecule has 0 fully saturated rings. The van der Waals surface area contributed by atoms with Crippen molar-refractivity contribution in [3.05, 3.63) is 70.0 Å². The molecular weight excluding hydrogens is 356 g/mol. The van der Waals surface area contributed by atoms with Crippen molar-refractivity contribution in [1.29, 1.82) is 0 Å². The number of carbonyl (C=O) groups excluding carboxylic acids is 1. The molecule has 0 aliphatic rings. The minimum Gasteiger partial charge on any atom is -0.380 e. The van der Waals surface area contributed by atoms with Gasteiger partial charge in [-0.05, 0) is 49.6 Å². The van der Waals surface area contributed by atoms with E-state index in [-0.39, 0.29) is 5.91 Å². The standard InChI is InChI=1S/C22H24N2O2S/c1-4-26-13-12-24-19-15-16(2)14-17(3)21(19)27-22(24)23-20(25)11-10-18-8-6-5-7-9-18/h5-11,14-15H,4,12-13H2,1-3H3/b11-10+,23-22?. The van der Waals surface area contributed by atoms with E-state index in [9.17, 15) is 4.79 Å². The Morgan fingerprint density at radius 3 is 2.74 bits per heavy atom. The number of thiazole rings is 1. The molecule has 0 aliphatic heterocycles. The third kappa shape index (κ3) is 4.81. The van der Waals surface area contributed by atoms with E-state index in [1.54, 1.807) is 17.4 Å². The van der Waals surface area contributed by atoms with Gasteiger partial charge in [-0.15, -0.1) is 0 Å². The molecule has 0 saturated carbocycles. The van der Waals surface area contributed by atoms with Crippen LogP contribution in [0, 0.1) is 13.8 Å². The Labute approximate surface area is 163 Å². The van der Waals surface area contributed by atoms with Crippen LogP contribution in [0.5, 0.6) is 0 Å². The van der Waals surface area contributed by atoms with Crippen LogP contribution in [0.25, 0.3) is 16.3 Å². The summed E-state index contributed by atoms with van der Waals surface area (Å²) in [5, 5.41) is 0. The lowest BCUT2D eigenvalue weighted by atomic mass is 10.1. The highest BCUT2D eigenvalue weighted by molar-refractivity contribution is 7.16. The lowest BCUT2D eigenvalue weighted by molar-refractivity contribution is -0.113. The van der Waals surface area contributed by atoms with Crippen molar-refractivity contribution in [2.24, 2.45) is 4.99 Å². The van der Waals surface area contributed by atoms with Crippen LogP contribution in [0.4, 0.5) is 0 Å². The highest BCUT2D eigenvalue weighted by Crippen LogP contribution is 2.23. The number of ether oxygens (including phenoxy) is 1. The van der Waals surface area contributed by atoms with E-state index in [2.05, 4.69) is 35.5 Å². The summed E-state index contributed by atoms with van der Waals surface area (Å²) in [6.45, 7) is 8.10. The van der Waals surface area contributed by atoms with E-state index < -0.39 is 0 Å². The molecule has 0 radical (unpaired) electrons. The first-order valence-corrected chi connectivity index (χ1v) is 9.90. The number of fused-ring (bicyclic) bond motifs is 1. The zero-order chi connectivity index (χ0) is 19.2. The first kappa shape index (κ1) is 19.3. The Balaban J connectivity index is 1.99. The van der Waals surface area contributed by atoms with Crippen LogP contribution in [0.2, 0.25) is 0 Å². The highest BCUT2D eigenvalue weighted by atomic mass is 32.1. The van der Waals surface area contributed by atoms with Crippen LogP contribution < -0.4 is 4.80 Å². The quantitative estimate of drug-likeness (QED) is 0.467. The zero-order valence-corrected chi connectivity index (χ0v) is 16.8. The molecule has 5 heteroatoms. The van der Waals surface area contributed by atoms with Gasteiger partial charge < -0.3 is 9.30 Å². The van der Waals surface area contributed by atoms with E-state index in [1.807, 2.05) is 37.3 Å². The second-order valence-electron chi connectivity index (χ2n) is 6.36. The number of aryl methyl sites for hydroxylation is 2. The summed E-state index contributed by atoms with van der Waals surface area (Å²) < 4.78 is 8.77. The van der Waals surface area contributed by atoms with E-state index in [1.165, 1.54) is 17.2 Å². The average Bonchev–Trinajstić information content (AvgIpc) is 2.99. The molecule has 0 spiro atoms. The third-order valence-corrected chi connectivity index (χ3v) is 5.43. The van der Waals surface area contributed by atoms with Gasteiger partial charge in [-0.1, -0.05) is 47.7 Å². The maximum absolute atomic E-state index is 12.4. The van der Waals surface area contributed by atoms with E-state index in [4.69, 9.17) is 4.74 Å². The molecule has 1 heterocycles. The lowest BCUT2D eigenvalue weighted by Gasteiger charge is -2.06. The first-order valence-electron chi connectivity index (χ1n) is 9.08. The van der Waals surface area contributed by atoms with Gasteiger partial charge in [-0.25, -0.2) is 0 Å². The van der Waals surface area contributed by atoms with Crippen molar-refractivity contribution in [1.82, 2.24) is 4.57 Å². The van der Waals surface area contributed by atoms with E-state index >= 15 is 0 Å². The molecule has 1 amide bonds. The van der Waals surface area contributed by atoms with Crippen LogP contribution in [0.15, 0.2) is 53.5 Å². The first-order chi connectivity index (χ1) is 13.1. The van der Waals surface area contributed by atoms with Crippen molar-refractivity contribution < 1.29 is 9.53 Å². The molecule has 0 atom stereocenters. The van der Waals surface area contributed by atoms with Gasteiger partial charge in [0.15, 0.2) is 4.80 Å². The number of carbonyl (C=O) groups is 1. The maximum atomic E-state index is 12.4. The van der Waals surface area contributed by atoms with Gasteiger partial charge in [0.05, 0.1) is 16.8 Å². The third-order valence-electron chi connectivity index (χ3n) is 4.20. The Morgan fingerprint density at radius 2 is 2.00 bits per heavy atom. The van der Waals surface area contributed by atoms with Crippen molar-refractivity contribution in [2.75, 3.05) is 13.2 Å². The fourth-order valence-corrected chi connectivity index (χ4v) is 4.09. The Morgan fingerprint density at radius 1 is 1.22 bits per heavy atom. The van der Waals surface area contributed by atoms with E-state index in [0.717, 1.165) is 15.8 Å². The molecule has 4 nitrogen and oxygen atoms in total. The normalized spacial score (nSPS) is 12.3. The molecular formula is C22H24N2O2S. The summed E-state index contributed by atoms with van der Waals surface area (Å²) in [5.74, 6) is -0.259. The Kier molecular flexibility index (Phi) is 6.37. The minimum atomic E-state index is -0.259. The van der Waals surface area contributed by atoms with Crippen LogP contribution in [-0.4, -0.2) is 23.7 Å². The molecule has 0 aliphatic carbocycles. The molecule has 1 aromatic heterocycles. The van der Waals surface area contributed by atoms with Crippen molar-refractivity contribution >= 4 is 33.5 Å². The van der Waals surface area contributed by atoms with Gasteiger partial charge in [0.1, 0.15) is 0 Å². The average molecular weight is 381 g/mol. The Bertz CT molecular complexity index is 1030. The van der Waals surface area contributed by atoms with Crippen LogP contribution >= 0.6 is 11.3 Å². The molecule has 3 aromatic rings. The summed E-state index contributed by atoms with van der Waals surface area (Å²) in [7, 11) is 0. The number of amides is 1. The largest absolute Gasteiger partial charge is 0.380 e. The van der Waals surface area contributed by atoms with Gasteiger partial charge >= 0.3 is 0 Å². The van der Waals surface area contributed by atoms with Gasteiger partial charge in [-0.3, -0.25) is 4.79 Å². The molecule has 0 N–H and O–H groups in total. The molecule has 0 bridgehead atoms. The van der Waals surface area contributed by atoms with Gasteiger partial charge in [-0.2, -0.15) is 4.99 Å². The summed E-state index contributed by atoms with van der Waals surface area (Å²) >= 11 is 1.55. The summed E-state index contributed by atoms with van der Waals surface area (Å²) in [4.78, 5) is 17.5. The maximum Gasteiger partial charge on any atom is 0.272 e. The van der Waals surface area contributed by atoms with Crippen LogP contribution in [0.1, 0.15) is 23.6 Å². The lowest BCUT2D eigenvalue weighted by Crippen LogP contribution is -2.19. The fourth-order valence-electron chi connectivity index (χ4n) is 2.98. The smallest absolute Gasteiger partial charge is 0.272 e. The number of hydrogen-bond donors (Lipinski definition) is 0. The van der Waals surface area contributed by atoms with Gasteiger partial charge in [0.2, 0.25) is 0 Å². The fraction of sp³-hybridized carbons (Fsp3) is 0.273. The van der Waals surface area contributed by atoms with Gasteiger partial charge in [0.25, 0.3) is 5.91 Å². The van der Waals surface area contributed by atoms with Crippen LogP contribution in [0.3, 0.4) is 0 Å². The molecule has 27 heavy (non-hydrogen) atoms. The monoisotopic (exact) mass is 380 g/mol. The number of nitrogens with zero attached hydrogens (tertiary/aromatic N) is 2. The number of benzene rings is 2. The summed E-state index contributed by atoms with van der Waals surface area (Å²) in [6.07, 6.45) is 3.31. The predicted molar refractivity (Wildman–Crippen MR) is 112 cm³/mol. The molecule has 0 saturated heterocycles. The van der Waals surface area contributed by atoms with Crippen LogP contribution in [-0.2, 0) is 16.1 Å². The highest BCUT2D eigenvalue weighted by Gasteiger charge is 2.10. The topological polar surface area (TPSA) is 43.6 Å². The Hall–Kier alpha value is -2.50.